The molecule has 0 aromatic carbocycles. The van der Waals surface area contributed by atoms with Crippen LogP contribution < -0.4 is 0 Å². The highest BCUT2D eigenvalue weighted by molar-refractivity contribution is 14.1. The summed E-state index contributed by atoms with van der Waals surface area (Å²) in [5, 5.41) is 0. The minimum atomic E-state index is 0.260. The van der Waals surface area contributed by atoms with E-state index in [9.17, 15) is 0 Å². The Hall–Kier alpha value is 0.190. The molecule has 1 fully saturated rings. The highest BCUT2D eigenvalue weighted by Crippen LogP contribution is 2.30. The van der Waals surface area contributed by atoms with E-state index in [0.717, 1.165) is 25.4 Å². The Labute approximate surface area is 130 Å². The van der Waals surface area contributed by atoms with Gasteiger partial charge in [0.05, 0.1) is 6.61 Å². The van der Waals surface area contributed by atoms with Crippen LogP contribution in [0, 0.1) is 5.92 Å². The molecule has 0 aromatic rings. The van der Waals surface area contributed by atoms with Gasteiger partial charge in [-0.15, -0.1) is 0 Å². The van der Waals surface area contributed by atoms with Crippen LogP contribution in [-0.4, -0.2) is 48.8 Å². The van der Waals surface area contributed by atoms with Crippen LogP contribution in [0.25, 0.3) is 0 Å². The molecule has 1 aliphatic carbocycles. The Kier molecular flexibility index (Phi) is 6.94. The maximum absolute atomic E-state index is 5.72. The summed E-state index contributed by atoms with van der Waals surface area (Å²) in [7, 11) is 2.24. The van der Waals surface area contributed by atoms with Gasteiger partial charge in [-0.3, -0.25) is 0 Å². The van der Waals surface area contributed by atoms with E-state index >= 15 is 0 Å². The van der Waals surface area contributed by atoms with Crippen LogP contribution in [-0.2, 0) is 9.47 Å². The molecule has 3 nitrogen and oxygen atoms in total. The molecule has 1 aliphatic heterocycles. The SMILES string of the molecule is CN(CCCI)CCCC1C=C2OCCOC2CC1. The first kappa shape index (κ1) is 15.6. The molecule has 0 aromatic heterocycles. The summed E-state index contributed by atoms with van der Waals surface area (Å²) in [6.07, 6.45) is 8.87. The fourth-order valence-corrected chi connectivity index (χ4v) is 3.22. The highest BCUT2D eigenvalue weighted by atomic mass is 127. The lowest BCUT2D eigenvalue weighted by Crippen LogP contribution is -2.30. The van der Waals surface area contributed by atoms with Gasteiger partial charge in [-0.25, -0.2) is 0 Å². The molecule has 1 heterocycles. The number of alkyl halides is 1. The lowest BCUT2D eigenvalue weighted by atomic mass is 9.89. The van der Waals surface area contributed by atoms with Gasteiger partial charge in [0.15, 0.2) is 0 Å². The van der Waals surface area contributed by atoms with Crippen LogP contribution in [0.3, 0.4) is 0 Å². The maximum atomic E-state index is 5.72. The number of fused-ring (bicyclic) bond motifs is 1. The average Bonchev–Trinajstić information content (AvgIpc) is 2.45. The largest absolute Gasteiger partial charge is 0.493 e. The van der Waals surface area contributed by atoms with Gasteiger partial charge in [-0.1, -0.05) is 22.6 Å². The van der Waals surface area contributed by atoms with Crippen LogP contribution >= 0.6 is 22.6 Å². The summed E-state index contributed by atoms with van der Waals surface area (Å²) in [4.78, 5) is 2.46. The van der Waals surface area contributed by atoms with Crippen molar-refractivity contribution >= 4 is 22.6 Å². The summed E-state index contributed by atoms with van der Waals surface area (Å²) < 4.78 is 12.7. The van der Waals surface area contributed by atoms with Crippen LogP contribution in [0.5, 0.6) is 0 Å². The molecule has 0 amide bonds. The van der Waals surface area contributed by atoms with Gasteiger partial charge in [-0.05, 0) is 64.2 Å². The van der Waals surface area contributed by atoms with Crippen molar-refractivity contribution < 1.29 is 9.47 Å². The summed E-state index contributed by atoms with van der Waals surface area (Å²) >= 11 is 2.45. The Morgan fingerprint density at radius 1 is 1.26 bits per heavy atom. The van der Waals surface area contributed by atoms with E-state index in [1.165, 1.54) is 43.2 Å². The molecule has 2 aliphatic rings. The molecule has 4 heteroatoms. The minimum Gasteiger partial charge on any atom is -0.493 e. The molecule has 0 bridgehead atoms. The van der Waals surface area contributed by atoms with Gasteiger partial charge in [-0.2, -0.15) is 0 Å². The fourth-order valence-electron chi connectivity index (χ4n) is 2.88. The monoisotopic (exact) mass is 379 g/mol. The normalized spacial score (nSPS) is 26.8. The standard InChI is InChI=1S/C15H26INO2/c1-17(9-3-7-16)8-2-4-13-5-6-14-15(12-13)19-11-10-18-14/h12-14H,2-11H2,1H3. The number of rotatable bonds is 7. The molecule has 2 atom stereocenters. The Balaban J connectivity index is 1.66. The van der Waals surface area contributed by atoms with Gasteiger partial charge in [0.2, 0.25) is 0 Å². The van der Waals surface area contributed by atoms with E-state index in [2.05, 4.69) is 40.6 Å². The van der Waals surface area contributed by atoms with Gasteiger partial charge < -0.3 is 14.4 Å². The number of hydrogen-bond donors (Lipinski definition) is 0. The fraction of sp³-hybridized carbons (Fsp3) is 0.867. The first-order valence-electron chi connectivity index (χ1n) is 7.50. The Morgan fingerprint density at radius 2 is 2.11 bits per heavy atom. The van der Waals surface area contributed by atoms with Crippen molar-refractivity contribution in [2.75, 3.05) is 37.8 Å². The summed E-state index contributed by atoms with van der Waals surface area (Å²) in [5.41, 5.74) is 0. The molecule has 0 saturated carbocycles. The Bertz CT molecular complexity index is 296. The number of allylic oxidation sites excluding steroid dienone is 1. The van der Waals surface area contributed by atoms with Gasteiger partial charge in [0.25, 0.3) is 0 Å². The summed E-state index contributed by atoms with van der Waals surface area (Å²) in [6, 6.07) is 0. The van der Waals surface area contributed by atoms with E-state index in [-0.39, 0.29) is 6.10 Å². The predicted octanol–water partition coefficient (Wildman–Crippen LogP) is 3.23. The third-order valence-corrected chi connectivity index (χ3v) is 4.74. The van der Waals surface area contributed by atoms with Crippen molar-refractivity contribution in [1.29, 1.82) is 0 Å². The number of ether oxygens (including phenoxy) is 2. The highest BCUT2D eigenvalue weighted by Gasteiger charge is 2.27. The molecular formula is C15H26INO2. The van der Waals surface area contributed by atoms with Crippen molar-refractivity contribution in [2.45, 2.75) is 38.2 Å². The summed E-state index contributed by atoms with van der Waals surface area (Å²) in [6.45, 7) is 3.94. The van der Waals surface area contributed by atoms with E-state index in [1.54, 1.807) is 0 Å². The number of nitrogens with zero attached hydrogens (tertiary/aromatic N) is 1. The van der Waals surface area contributed by atoms with Crippen LogP contribution in [0.1, 0.15) is 32.1 Å². The molecule has 0 N–H and O–H groups in total. The quantitative estimate of drug-likeness (QED) is 0.501. The molecule has 0 radical (unpaired) electrons. The zero-order chi connectivity index (χ0) is 13.5. The molecule has 2 rings (SSSR count). The van der Waals surface area contributed by atoms with Crippen LogP contribution in [0.4, 0.5) is 0 Å². The van der Waals surface area contributed by atoms with Gasteiger partial charge in [0.1, 0.15) is 18.5 Å². The summed E-state index contributed by atoms with van der Waals surface area (Å²) in [5.74, 6) is 1.81. The third-order valence-electron chi connectivity index (χ3n) is 3.98. The van der Waals surface area contributed by atoms with Crippen molar-refractivity contribution in [3.63, 3.8) is 0 Å². The van der Waals surface area contributed by atoms with Crippen molar-refractivity contribution in [1.82, 2.24) is 4.90 Å². The average molecular weight is 379 g/mol. The molecular weight excluding hydrogens is 353 g/mol. The third kappa shape index (κ3) is 5.23. The first-order valence-corrected chi connectivity index (χ1v) is 9.03. The van der Waals surface area contributed by atoms with Crippen LogP contribution in [0.2, 0.25) is 0 Å². The van der Waals surface area contributed by atoms with Crippen LogP contribution in [0.15, 0.2) is 11.8 Å². The van der Waals surface area contributed by atoms with Crippen molar-refractivity contribution in [3.05, 3.63) is 11.8 Å². The minimum absolute atomic E-state index is 0.260. The van der Waals surface area contributed by atoms with Gasteiger partial charge in [0, 0.05) is 4.43 Å². The molecule has 19 heavy (non-hydrogen) atoms. The molecule has 0 spiro atoms. The lowest BCUT2D eigenvalue weighted by Gasteiger charge is -2.32. The maximum Gasteiger partial charge on any atom is 0.121 e. The molecule has 1 saturated heterocycles. The van der Waals surface area contributed by atoms with E-state index in [1.807, 2.05) is 0 Å². The Morgan fingerprint density at radius 3 is 2.95 bits per heavy atom. The topological polar surface area (TPSA) is 21.7 Å². The van der Waals surface area contributed by atoms with Crippen molar-refractivity contribution in [2.24, 2.45) is 5.92 Å². The lowest BCUT2D eigenvalue weighted by molar-refractivity contribution is -0.0531. The van der Waals surface area contributed by atoms with Crippen molar-refractivity contribution in [3.8, 4) is 0 Å². The second kappa shape index (κ2) is 8.47. The zero-order valence-corrected chi connectivity index (χ0v) is 14.1. The van der Waals surface area contributed by atoms with E-state index in [0.29, 0.717) is 5.92 Å². The number of halogens is 1. The van der Waals surface area contributed by atoms with E-state index < -0.39 is 0 Å². The second-order valence-corrected chi connectivity index (χ2v) is 6.68. The second-order valence-electron chi connectivity index (χ2n) is 5.60. The van der Waals surface area contributed by atoms with Gasteiger partial charge >= 0.3 is 0 Å². The van der Waals surface area contributed by atoms with E-state index in [4.69, 9.17) is 9.47 Å². The smallest absolute Gasteiger partial charge is 0.121 e. The molecule has 2 unspecified atom stereocenters. The predicted molar refractivity (Wildman–Crippen MR) is 86.7 cm³/mol. The number of hydrogen-bond acceptors (Lipinski definition) is 3. The first-order chi connectivity index (χ1) is 9.29. The zero-order valence-electron chi connectivity index (χ0n) is 11.9. The molecule has 110 valence electrons.